The Hall–Kier alpha value is -5.41. The summed E-state index contributed by atoms with van der Waals surface area (Å²) in [5, 5.41) is 18.2. The molecule has 4 aromatic rings. The molecule has 14 nitrogen and oxygen atoms in total. The number of halogens is 1. The molecule has 0 bridgehead atoms. The molecule has 0 saturated carbocycles. The molecule has 1 fully saturated rings. The van der Waals surface area contributed by atoms with Crippen molar-refractivity contribution in [2.75, 3.05) is 19.7 Å². The molecule has 1 unspecified atom stereocenters. The number of fused-ring (bicyclic) bond motifs is 4. The second kappa shape index (κ2) is 14.3. The number of hydrogen-bond acceptors (Lipinski definition) is 10. The number of ether oxygens (including phenoxy) is 1. The van der Waals surface area contributed by atoms with Gasteiger partial charge in [-0.1, -0.05) is 29.8 Å². The van der Waals surface area contributed by atoms with Crippen LogP contribution in [0.25, 0.3) is 5.00 Å². The summed E-state index contributed by atoms with van der Waals surface area (Å²) in [4.78, 5) is 70.7. The Balaban J connectivity index is 0.957. The summed E-state index contributed by atoms with van der Waals surface area (Å²) in [6.45, 7) is 6.13. The lowest BCUT2D eigenvalue weighted by Gasteiger charge is -2.29. The van der Waals surface area contributed by atoms with Gasteiger partial charge in [-0.25, -0.2) is 0 Å². The highest BCUT2D eigenvalue weighted by molar-refractivity contribution is 7.15. The highest BCUT2D eigenvalue weighted by Crippen LogP contribution is 2.40. The molecular weight excluding hydrogens is 708 g/mol. The summed E-state index contributed by atoms with van der Waals surface area (Å²) in [6.07, 6.45) is 0.403. The van der Waals surface area contributed by atoms with E-state index < -0.39 is 23.9 Å². The second-order valence-corrected chi connectivity index (χ2v) is 14.4. The molecule has 5 heterocycles. The fraction of sp³-hybridized carbons (Fsp3) is 0.333. The van der Waals surface area contributed by atoms with Gasteiger partial charge in [0.15, 0.2) is 12.4 Å². The number of aryl methyl sites for hydroxylation is 2. The number of aliphatic imine (C=N–C) groups is 1. The highest BCUT2D eigenvalue weighted by atomic mass is 35.5. The zero-order valence-corrected chi connectivity index (χ0v) is 30.2. The number of carbonyl (C=O) groups excluding carboxylic acids is 5. The van der Waals surface area contributed by atoms with Crippen molar-refractivity contribution >= 4 is 58.2 Å². The third-order valence-electron chi connectivity index (χ3n) is 9.40. The first-order chi connectivity index (χ1) is 25.0. The van der Waals surface area contributed by atoms with Gasteiger partial charge in [-0.2, -0.15) is 0 Å². The maximum atomic E-state index is 13.3. The van der Waals surface area contributed by atoms with Crippen LogP contribution < -0.4 is 20.7 Å². The number of piperidine rings is 1. The lowest BCUT2D eigenvalue weighted by molar-refractivity contribution is -0.137. The largest absolute Gasteiger partial charge is 0.483 e. The van der Waals surface area contributed by atoms with Crippen LogP contribution in [-0.2, 0) is 25.7 Å². The molecule has 52 heavy (non-hydrogen) atoms. The van der Waals surface area contributed by atoms with Gasteiger partial charge in [0.25, 0.3) is 11.8 Å². The lowest BCUT2D eigenvalue weighted by atomic mass is 9.99. The van der Waals surface area contributed by atoms with Gasteiger partial charge in [-0.05, 0) is 57.0 Å². The number of amides is 5. The minimum Gasteiger partial charge on any atom is -0.483 e. The normalized spacial score (nSPS) is 17.8. The third kappa shape index (κ3) is 6.68. The number of thiophene rings is 1. The number of nitrogens with one attached hydrogen (secondary N) is 3. The Morgan fingerprint density at radius 2 is 1.77 bits per heavy atom. The van der Waals surface area contributed by atoms with E-state index in [2.05, 4.69) is 40.0 Å². The van der Waals surface area contributed by atoms with Crippen molar-refractivity contribution < 1.29 is 28.7 Å². The zero-order chi connectivity index (χ0) is 36.7. The summed E-state index contributed by atoms with van der Waals surface area (Å²) in [6, 6.07) is 11.0. The molecule has 1 saturated heterocycles. The maximum absolute atomic E-state index is 13.3. The molecule has 268 valence electrons. The molecule has 2 aromatic carbocycles. The second-order valence-electron chi connectivity index (χ2n) is 12.8. The molecule has 3 N–H and O–H groups in total. The van der Waals surface area contributed by atoms with Crippen LogP contribution in [-0.4, -0.2) is 80.7 Å². The quantitative estimate of drug-likeness (QED) is 0.164. The van der Waals surface area contributed by atoms with Gasteiger partial charge in [0.2, 0.25) is 17.7 Å². The summed E-state index contributed by atoms with van der Waals surface area (Å²) < 4.78 is 7.76. The molecule has 0 spiro atoms. The smallest absolute Gasteiger partial charge is 0.258 e. The van der Waals surface area contributed by atoms with E-state index in [1.165, 1.54) is 4.90 Å². The van der Waals surface area contributed by atoms with Crippen LogP contribution in [0.5, 0.6) is 5.75 Å². The van der Waals surface area contributed by atoms with Crippen LogP contribution in [0.3, 0.4) is 0 Å². The van der Waals surface area contributed by atoms with Gasteiger partial charge in [0, 0.05) is 51.7 Å². The number of benzene rings is 2. The minimum absolute atomic E-state index is 0.00688. The van der Waals surface area contributed by atoms with Crippen LogP contribution in [0.1, 0.15) is 74.4 Å². The SMILES string of the molecule is Cc1sc2c(c1C)C(c1ccc(Cl)cc1)=N[C@@H](CC(=O)NCCNC(=O)COc1cccc3c1CN(C1CCC(=O)NC1=O)C3=O)c1nnc(C)n1-2. The fourth-order valence-corrected chi connectivity index (χ4v) is 8.01. The number of imide groups is 1. The van der Waals surface area contributed by atoms with Crippen molar-refractivity contribution in [2.24, 2.45) is 4.99 Å². The van der Waals surface area contributed by atoms with Gasteiger partial charge in [-0.3, -0.25) is 38.8 Å². The standard InChI is InChI=1S/C36H35ClN8O6S/c1-18-19(2)52-36-31(18)32(21-7-9-22(37)10-8-21)40-25(33-43-42-20(3)45(33)36)15-29(47)38-13-14-39-30(48)17-51-27-6-4-5-23-24(27)16-44(35(23)50)26-11-12-28(46)41-34(26)49/h4-10,25-26H,11-17H2,1-3H3,(H,38,47)(H,39,48)(H,41,46,49)/t25-,26?/m0/s1. The Morgan fingerprint density at radius 1 is 1.02 bits per heavy atom. The van der Waals surface area contributed by atoms with Crippen molar-refractivity contribution in [1.29, 1.82) is 0 Å². The van der Waals surface area contributed by atoms with E-state index in [1.807, 2.05) is 35.8 Å². The van der Waals surface area contributed by atoms with Crippen molar-refractivity contribution in [3.8, 4) is 10.8 Å². The average Bonchev–Trinajstić information content (AvgIpc) is 3.73. The Bertz CT molecular complexity index is 2160. The Labute approximate surface area is 307 Å². The molecule has 2 aromatic heterocycles. The molecule has 0 aliphatic carbocycles. The Morgan fingerprint density at radius 3 is 2.52 bits per heavy atom. The molecule has 3 aliphatic rings. The maximum Gasteiger partial charge on any atom is 0.258 e. The topological polar surface area (TPSA) is 177 Å². The van der Waals surface area contributed by atoms with Crippen molar-refractivity contribution in [3.05, 3.63) is 91.8 Å². The van der Waals surface area contributed by atoms with Gasteiger partial charge >= 0.3 is 0 Å². The van der Waals surface area contributed by atoms with E-state index in [1.54, 1.807) is 29.5 Å². The highest BCUT2D eigenvalue weighted by Gasteiger charge is 2.40. The molecule has 2 atom stereocenters. The first-order valence-corrected chi connectivity index (χ1v) is 18.0. The number of nitrogens with zero attached hydrogens (tertiary/aromatic N) is 5. The predicted octanol–water partition coefficient (Wildman–Crippen LogP) is 3.26. The molecule has 0 radical (unpaired) electrons. The van der Waals surface area contributed by atoms with E-state index >= 15 is 0 Å². The average molecular weight is 743 g/mol. The van der Waals surface area contributed by atoms with Crippen LogP contribution in [0.2, 0.25) is 5.02 Å². The molecule has 16 heteroatoms. The summed E-state index contributed by atoms with van der Waals surface area (Å²) >= 11 is 7.83. The number of aromatic nitrogens is 3. The monoisotopic (exact) mass is 742 g/mol. The molecule has 3 aliphatic heterocycles. The van der Waals surface area contributed by atoms with Gasteiger partial charge in [-0.15, -0.1) is 21.5 Å². The number of rotatable bonds is 10. The lowest BCUT2D eigenvalue weighted by Crippen LogP contribution is -2.52. The van der Waals surface area contributed by atoms with Crippen LogP contribution in [0, 0.1) is 20.8 Å². The van der Waals surface area contributed by atoms with Gasteiger partial charge in [0.05, 0.1) is 18.7 Å². The first kappa shape index (κ1) is 35.0. The van der Waals surface area contributed by atoms with E-state index in [9.17, 15) is 24.0 Å². The van der Waals surface area contributed by atoms with E-state index in [0.717, 1.165) is 32.3 Å². The van der Waals surface area contributed by atoms with Crippen LogP contribution >= 0.6 is 22.9 Å². The summed E-state index contributed by atoms with van der Waals surface area (Å²) in [7, 11) is 0. The third-order valence-corrected chi connectivity index (χ3v) is 10.8. The predicted molar refractivity (Wildman–Crippen MR) is 192 cm³/mol. The minimum atomic E-state index is -0.756. The summed E-state index contributed by atoms with van der Waals surface area (Å²) in [5.74, 6) is -0.267. The zero-order valence-electron chi connectivity index (χ0n) is 28.6. The molecular formula is C36H35ClN8O6S. The first-order valence-electron chi connectivity index (χ1n) is 16.8. The van der Waals surface area contributed by atoms with Gasteiger partial charge in [0.1, 0.15) is 28.7 Å². The van der Waals surface area contributed by atoms with E-state index in [4.69, 9.17) is 21.3 Å². The van der Waals surface area contributed by atoms with Crippen molar-refractivity contribution in [3.63, 3.8) is 0 Å². The number of hydrogen-bond donors (Lipinski definition) is 3. The molecule has 7 rings (SSSR count). The number of carbonyl (C=O) groups is 5. The van der Waals surface area contributed by atoms with E-state index in [0.29, 0.717) is 33.5 Å². The summed E-state index contributed by atoms with van der Waals surface area (Å²) in [5.41, 5.74) is 4.65. The van der Waals surface area contributed by atoms with Crippen LogP contribution in [0.4, 0.5) is 0 Å². The van der Waals surface area contributed by atoms with Crippen LogP contribution in [0.15, 0.2) is 47.5 Å². The fourth-order valence-electron chi connectivity index (χ4n) is 6.67. The molecule has 5 amide bonds. The van der Waals surface area contributed by atoms with Crippen molar-refractivity contribution in [2.45, 2.75) is 58.7 Å². The van der Waals surface area contributed by atoms with Crippen molar-refractivity contribution in [1.82, 2.24) is 35.6 Å². The Kier molecular flexibility index (Phi) is 9.63. The van der Waals surface area contributed by atoms with Gasteiger partial charge < -0.3 is 20.3 Å². The van der Waals surface area contributed by atoms with E-state index in [-0.39, 0.29) is 63.2 Å².